The highest BCUT2D eigenvalue weighted by molar-refractivity contribution is 6.08. The number of amides is 1. The van der Waals surface area contributed by atoms with E-state index in [0.717, 1.165) is 37.2 Å². The Bertz CT molecular complexity index is 1030. The Kier molecular flexibility index (Phi) is 5.24. The van der Waals surface area contributed by atoms with Crippen LogP contribution in [0.4, 0.5) is 17.1 Å². The molecular weight excluding hydrogens is 370 g/mol. The number of rotatable bonds is 6. The zero-order valence-corrected chi connectivity index (χ0v) is 15.8. The van der Waals surface area contributed by atoms with Crippen LogP contribution < -0.4 is 10.2 Å². The van der Waals surface area contributed by atoms with Crippen molar-refractivity contribution in [1.82, 2.24) is 9.55 Å². The van der Waals surface area contributed by atoms with E-state index < -0.39 is 4.92 Å². The molecule has 1 aliphatic heterocycles. The first-order chi connectivity index (χ1) is 14.1. The fourth-order valence-corrected chi connectivity index (χ4v) is 3.59. The zero-order chi connectivity index (χ0) is 20.2. The van der Waals surface area contributed by atoms with Crippen molar-refractivity contribution < 1.29 is 9.72 Å². The van der Waals surface area contributed by atoms with Gasteiger partial charge in [0.1, 0.15) is 0 Å². The van der Waals surface area contributed by atoms with Crippen LogP contribution in [-0.2, 0) is 6.54 Å². The smallest absolute Gasteiger partial charge is 0.270 e. The minimum absolute atomic E-state index is 0.0908. The topological polar surface area (TPSA) is 93.3 Å². The summed E-state index contributed by atoms with van der Waals surface area (Å²) in [5.74, 6) is -0.351. The first-order valence-corrected chi connectivity index (χ1v) is 9.49. The van der Waals surface area contributed by atoms with E-state index in [4.69, 9.17) is 0 Å². The third kappa shape index (κ3) is 4.26. The number of carbonyl (C=O) groups is 1. The first-order valence-electron chi connectivity index (χ1n) is 9.49. The average Bonchev–Trinajstić information content (AvgIpc) is 3.42. The molecule has 1 fully saturated rings. The summed E-state index contributed by atoms with van der Waals surface area (Å²) in [7, 11) is 0. The second-order valence-electron chi connectivity index (χ2n) is 7.04. The SMILES string of the molecule is O=C(Nc1cccc(Cn2ccnc2)c1)c1cc([N+](=O)[O-])ccc1N1CCCC1. The van der Waals surface area contributed by atoms with E-state index in [1.807, 2.05) is 35.0 Å². The van der Waals surface area contributed by atoms with Gasteiger partial charge in [-0.1, -0.05) is 12.1 Å². The van der Waals surface area contributed by atoms with Gasteiger partial charge in [0.05, 0.1) is 22.5 Å². The largest absolute Gasteiger partial charge is 0.371 e. The predicted octanol–water partition coefficient (Wildman–Crippen LogP) is 3.69. The summed E-state index contributed by atoms with van der Waals surface area (Å²) in [5.41, 5.74) is 2.62. The van der Waals surface area contributed by atoms with Crippen molar-refractivity contribution in [3.8, 4) is 0 Å². The second-order valence-corrected chi connectivity index (χ2v) is 7.04. The van der Waals surface area contributed by atoms with Crippen LogP contribution in [0, 0.1) is 10.1 Å². The highest BCUT2D eigenvalue weighted by Gasteiger charge is 2.22. The van der Waals surface area contributed by atoms with Crippen LogP contribution in [0.15, 0.2) is 61.2 Å². The van der Waals surface area contributed by atoms with Crippen LogP contribution in [0.2, 0.25) is 0 Å². The third-order valence-electron chi connectivity index (χ3n) is 4.99. The van der Waals surface area contributed by atoms with Crippen molar-refractivity contribution in [3.05, 3.63) is 82.4 Å². The predicted molar refractivity (Wildman–Crippen MR) is 110 cm³/mol. The fraction of sp³-hybridized carbons (Fsp3) is 0.238. The van der Waals surface area contributed by atoms with Crippen LogP contribution in [0.5, 0.6) is 0 Å². The number of anilines is 2. The number of imidazole rings is 1. The Balaban J connectivity index is 1.59. The van der Waals surface area contributed by atoms with Gasteiger partial charge < -0.3 is 14.8 Å². The number of nitrogens with zero attached hydrogens (tertiary/aromatic N) is 4. The molecule has 1 aliphatic rings. The fourth-order valence-electron chi connectivity index (χ4n) is 3.59. The van der Waals surface area contributed by atoms with Gasteiger partial charge in [-0.15, -0.1) is 0 Å². The van der Waals surface area contributed by atoms with Gasteiger partial charge in [-0.2, -0.15) is 0 Å². The van der Waals surface area contributed by atoms with Crippen LogP contribution in [0.25, 0.3) is 0 Å². The van der Waals surface area contributed by atoms with Crippen molar-refractivity contribution in [3.63, 3.8) is 0 Å². The molecule has 1 amide bonds. The van der Waals surface area contributed by atoms with Crippen molar-refractivity contribution in [1.29, 1.82) is 0 Å². The molecule has 8 nitrogen and oxygen atoms in total. The maximum atomic E-state index is 13.0. The van der Waals surface area contributed by atoms with Gasteiger partial charge in [0.25, 0.3) is 11.6 Å². The Hall–Kier alpha value is -3.68. The van der Waals surface area contributed by atoms with E-state index >= 15 is 0 Å². The van der Waals surface area contributed by atoms with E-state index in [2.05, 4.69) is 15.2 Å². The number of nitro benzene ring substituents is 1. The molecule has 0 atom stereocenters. The number of nitro groups is 1. The second kappa shape index (κ2) is 8.14. The van der Waals surface area contributed by atoms with E-state index in [1.54, 1.807) is 18.6 Å². The molecule has 0 unspecified atom stereocenters. The van der Waals surface area contributed by atoms with Gasteiger partial charge in [0.2, 0.25) is 0 Å². The molecular formula is C21H21N5O3. The van der Waals surface area contributed by atoms with Crippen LogP contribution >= 0.6 is 0 Å². The molecule has 0 aliphatic carbocycles. The molecule has 29 heavy (non-hydrogen) atoms. The van der Waals surface area contributed by atoms with Gasteiger partial charge in [0.15, 0.2) is 0 Å². The zero-order valence-electron chi connectivity index (χ0n) is 15.8. The lowest BCUT2D eigenvalue weighted by atomic mass is 10.1. The van der Waals surface area contributed by atoms with E-state index in [0.29, 0.717) is 17.8 Å². The van der Waals surface area contributed by atoms with Crippen LogP contribution in [0.3, 0.4) is 0 Å². The summed E-state index contributed by atoms with van der Waals surface area (Å²) in [6, 6.07) is 12.0. The quantitative estimate of drug-likeness (QED) is 0.511. The minimum Gasteiger partial charge on any atom is -0.371 e. The molecule has 0 bridgehead atoms. The molecule has 148 valence electrons. The Morgan fingerprint density at radius 2 is 2.00 bits per heavy atom. The molecule has 0 radical (unpaired) electrons. The summed E-state index contributed by atoms with van der Waals surface area (Å²) in [4.78, 5) is 29.9. The lowest BCUT2D eigenvalue weighted by Crippen LogP contribution is -2.23. The average molecular weight is 391 g/mol. The summed E-state index contributed by atoms with van der Waals surface area (Å²) in [5, 5.41) is 14.1. The highest BCUT2D eigenvalue weighted by atomic mass is 16.6. The summed E-state index contributed by atoms with van der Waals surface area (Å²) >= 11 is 0. The molecule has 0 saturated carbocycles. The Morgan fingerprint density at radius 3 is 2.72 bits per heavy atom. The van der Waals surface area contributed by atoms with Gasteiger partial charge in [-0.25, -0.2) is 4.98 Å². The Labute approximate surface area is 167 Å². The summed E-state index contributed by atoms with van der Waals surface area (Å²) < 4.78 is 1.94. The van der Waals surface area contributed by atoms with Crippen molar-refractivity contribution in [2.45, 2.75) is 19.4 Å². The third-order valence-corrected chi connectivity index (χ3v) is 4.99. The van der Waals surface area contributed by atoms with Crippen LogP contribution in [-0.4, -0.2) is 33.5 Å². The number of benzene rings is 2. The lowest BCUT2D eigenvalue weighted by Gasteiger charge is -2.21. The van der Waals surface area contributed by atoms with Gasteiger partial charge >= 0.3 is 0 Å². The Morgan fingerprint density at radius 1 is 1.17 bits per heavy atom. The molecule has 3 aromatic rings. The number of non-ortho nitro benzene ring substituents is 1. The van der Waals surface area contributed by atoms with E-state index in [1.165, 1.54) is 12.1 Å². The molecule has 1 N–H and O–H groups in total. The standard InChI is InChI=1S/C21H21N5O3/c27-21(23-17-5-3-4-16(12-17)14-24-11-8-22-15-24)19-13-18(26(28)29)6-7-20(19)25-9-1-2-10-25/h3-8,11-13,15H,1-2,9-10,14H2,(H,23,27). The first kappa shape index (κ1) is 18.7. The van der Waals surface area contributed by atoms with Gasteiger partial charge in [-0.3, -0.25) is 14.9 Å². The van der Waals surface area contributed by atoms with Crippen LogP contribution in [0.1, 0.15) is 28.8 Å². The normalized spacial score (nSPS) is 13.4. The summed E-state index contributed by atoms with van der Waals surface area (Å²) in [6.45, 7) is 2.33. The van der Waals surface area contributed by atoms with Crippen molar-refractivity contribution in [2.75, 3.05) is 23.3 Å². The molecule has 2 heterocycles. The number of hydrogen-bond donors (Lipinski definition) is 1. The number of carbonyl (C=O) groups excluding carboxylic acids is 1. The molecule has 1 saturated heterocycles. The number of nitrogens with one attached hydrogen (secondary N) is 1. The molecule has 2 aromatic carbocycles. The van der Waals surface area contributed by atoms with E-state index in [-0.39, 0.29) is 11.6 Å². The van der Waals surface area contributed by atoms with Crippen molar-refractivity contribution in [2.24, 2.45) is 0 Å². The maximum Gasteiger partial charge on any atom is 0.270 e. The lowest BCUT2D eigenvalue weighted by molar-refractivity contribution is -0.384. The molecule has 4 rings (SSSR count). The highest BCUT2D eigenvalue weighted by Crippen LogP contribution is 2.29. The molecule has 8 heteroatoms. The van der Waals surface area contributed by atoms with Gasteiger partial charge in [0, 0.05) is 49.8 Å². The number of hydrogen-bond acceptors (Lipinski definition) is 5. The molecule has 0 spiro atoms. The monoisotopic (exact) mass is 391 g/mol. The van der Waals surface area contributed by atoms with E-state index in [9.17, 15) is 14.9 Å². The molecule has 1 aromatic heterocycles. The number of aromatic nitrogens is 2. The summed E-state index contributed by atoms with van der Waals surface area (Å²) in [6.07, 6.45) is 7.42. The minimum atomic E-state index is -0.476. The van der Waals surface area contributed by atoms with Crippen molar-refractivity contribution >= 4 is 23.0 Å². The van der Waals surface area contributed by atoms with Gasteiger partial charge in [-0.05, 0) is 36.6 Å². The maximum absolute atomic E-state index is 13.0.